The molecule has 1 heterocycles. The van der Waals surface area contributed by atoms with E-state index < -0.39 is 5.97 Å². The third kappa shape index (κ3) is 4.51. The molecule has 0 saturated carbocycles. The van der Waals surface area contributed by atoms with Crippen molar-refractivity contribution in [3.8, 4) is 0 Å². The van der Waals surface area contributed by atoms with Gasteiger partial charge in [0.05, 0.1) is 13.2 Å². The number of methoxy groups -OCH3 is 1. The molecule has 1 aliphatic rings. The van der Waals surface area contributed by atoms with Crippen molar-refractivity contribution in [2.75, 3.05) is 16.9 Å². The minimum atomic E-state index is -0.584. The van der Waals surface area contributed by atoms with Gasteiger partial charge in [-0.2, -0.15) is 0 Å². The van der Waals surface area contributed by atoms with E-state index >= 15 is 0 Å². The molecule has 2 atom stereocenters. The second-order valence-corrected chi connectivity index (χ2v) is 8.05. The van der Waals surface area contributed by atoms with Crippen molar-refractivity contribution >= 4 is 29.2 Å². The first-order valence-electron chi connectivity index (χ1n) is 10.9. The van der Waals surface area contributed by atoms with E-state index in [1.807, 2.05) is 79.7 Å². The van der Waals surface area contributed by atoms with Gasteiger partial charge in [-0.3, -0.25) is 14.4 Å². The summed E-state index contributed by atoms with van der Waals surface area (Å²) in [5.41, 5.74) is 2.93. The van der Waals surface area contributed by atoms with E-state index in [1.165, 1.54) is 7.11 Å². The number of hydrogen-bond donors (Lipinski definition) is 0. The van der Waals surface area contributed by atoms with Crippen LogP contribution in [0.3, 0.4) is 0 Å². The Morgan fingerprint density at radius 1 is 0.909 bits per heavy atom. The minimum absolute atomic E-state index is 0.0823. The number of benzene rings is 3. The quantitative estimate of drug-likeness (QED) is 0.422. The standard InChI is InChI=1S/C27H26N2O4/c1-19-17-24(29(21-13-7-4-8-14-21)25(30)18-26(31)33-2)22-15-9-10-16-23(22)28(19)27(32)20-11-5-3-6-12-20/h3-16,19,24H,17-18H2,1-2H3. The summed E-state index contributed by atoms with van der Waals surface area (Å²) in [5.74, 6) is -1.01. The zero-order chi connectivity index (χ0) is 23.4. The van der Waals surface area contributed by atoms with Gasteiger partial charge in [-0.05, 0) is 49.2 Å². The fourth-order valence-electron chi connectivity index (χ4n) is 4.42. The summed E-state index contributed by atoms with van der Waals surface area (Å²) >= 11 is 0. The maximum atomic E-state index is 13.4. The second kappa shape index (κ2) is 9.69. The van der Waals surface area contributed by atoms with Crippen LogP contribution in [0.25, 0.3) is 0 Å². The van der Waals surface area contributed by atoms with Gasteiger partial charge in [0, 0.05) is 23.0 Å². The number of esters is 1. The Labute approximate surface area is 193 Å². The highest BCUT2D eigenvalue weighted by molar-refractivity contribution is 6.08. The molecule has 0 aliphatic carbocycles. The fraction of sp³-hybridized carbons (Fsp3) is 0.222. The van der Waals surface area contributed by atoms with Gasteiger partial charge in [0.2, 0.25) is 5.91 Å². The smallest absolute Gasteiger partial charge is 0.315 e. The van der Waals surface area contributed by atoms with Crippen molar-refractivity contribution in [1.82, 2.24) is 0 Å². The van der Waals surface area contributed by atoms with Gasteiger partial charge >= 0.3 is 5.97 Å². The number of fused-ring (bicyclic) bond motifs is 1. The highest BCUT2D eigenvalue weighted by atomic mass is 16.5. The van der Waals surface area contributed by atoms with Gasteiger partial charge in [0.25, 0.3) is 5.91 Å². The second-order valence-electron chi connectivity index (χ2n) is 8.05. The highest BCUT2D eigenvalue weighted by Gasteiger charge is 2.39. The average Bonchev–Trinajstić information content (AvgIpc) is 2.85. The van der Waals surface area contributed by atoms with E-state index in [-0.39, 0.29) is 30.3 Å². The maximum absolute atomic E-state index is 13.4. The summed E-state index contributed by atoms with van der Waals surface area (Å²) in [5, 5.41) is 0. The molecule has 3 aromatic carbocycles. The number of carbonyl (C=O) groups excluding carboxylic acids is 3. The molecule has 6 heteroatoms. The number of carbonyl (C=O) groups is 3. The number of rotatable bonds is 5. The largest absolute Gasteiger partial charge is 0.469 e. The van der Waals surface area contributed by atoms with E-state index in [4.69, 9.17) is 4.74 Å². The first-order valence-corrected chi connectivity index (χ1v) is 10.9. The SMILES string of the molecule is COC(=O)CC(=O)N(c1ccccc1)C1CC(C)N(C(=O)c2ccccc2)c2ccccc21. The summed E-state index contributed by atoms with van der Waals surface area (Å²) in [7, 11) is 1.27. The molecule has 6 nitrogen and oxygen atoms in total. The molecule has 0 N–H and O–H groups in total. The molecule has 0 radical (unpaired) electrons. The lowest BCUT2D eigenvalue weighted by atomic mass is 9.89. The Kier molecular flexibility index (Phi) is 6.54. The Morgan fingerprint density at radius 2 is 1.52 bits per heavy atom. The highest BCUT2D eigenvalue weighted by Crippen LogP contribution is 2.42. The topological polar surface area (TPSA) is 66.9 Å². The maximum Gasteiger partial charge on any atom is 0.315 e. The Morgan fingerprint density at radius 3 is 2.18 bits per heavy atom. The molecule has 0 bridgehead atoms. The monoisotopic (exact) mass is 442 g/mol. The van der Waals surface area contributed by atoms with Crippen LogP contribution in [0.5, 0.6) is 0 Å². The van der Waals surface area contributed by atoms with Crippen LogP contribution in [0.2, 0.25) is 0 Å². The predicted molar refractivity (Wildman–Crippen MR) is 127 cm³/mol. The normalized spacial score (nSPS) is 17.1. The molecular formula is C27H26N2O4. The molecule has 168 valence electrons. The lowest BCUT2D eigenvalue weighted by molar-refractivity contribution is -0.143. The van der Waals surface area contributed by atoms with Crippen molar-refractivity contribution in [3.63, 3.8) is 0 Å². The van der Waals surface area contributed by atoms with Gasteiger partial charge < -0.3 is 14.5 Å². The molecule has 0 saturated heterocycles. The lowest BCUT2D eigenvalue weighted by Gasteiger charge is -2.43. The van der Waals surface area contributed by atoms with Gasteiger partial charge in [0.15, 0.2) is 0 Å². The van der Waals surface area contributed by atoms with Gasteiger partial charge in [0.1, 0.15) is 6.42 Å². The first kappa shape index (κ1) is 22.3. The summed E-state index contributed by atoms with van der Waals surface area (Å²) in [6.45, 7) is 1.98. The zero-order valence-corrected chi connectivity index (χ0v) is 18.7. The average molecular weight is 443 g/mol. The first-order chi connectivity index (χ1) is 16.0. The molecule has 3 aromatic rings. The molecule has 1 aliphatic heterocycles. The van der Waals surface area contributed by atoms with Crippen molar-refractivity contribution in [1.29, 1.82) is 0 Å². The molecule has 0 aromatic heterocycles. The summed E-state index contributed by atoms with van der Waals surface area (Å²) in [6.07, 6.45) is 0.169. The predicted octanol–water partition coefficient (Wildman–Crippen LogP) is 4.76. The zero-order valence-electron chi connectivity index (χ0n) is 18.7. The van der Waals surface area contributed by atoms with E-state index in [0.717, 1.165) is 11.3 Å². The molecule has 0 spiro atoms. The van der Waals surface area contributed by atoms with Crippen molar-refractivity contribution in [2.24, 2.45) is 0 Å². The van der Waals surface area contributed by atoms with Crippen molar-refractivity contribution in [3.05, 3.63) is 96.1 Å². The third-order valence-corrected chi connectivity index (χ3v) is 5.94. The van der Waals surface area contributed by atoms with Crippen molar-refractivity contribution < 1.29 is 19.1 Å². The Bertz CT molecular complexity index is 1150. The Balaban J connectivity index is 1.78. The fourth-order valence-corrected chi connectivity index (χ4v) is 4.42. The summed E-state index contributed by atoms with van der Waals surface area (Å²) in [4.78, 5) is 42.1. The lowest BCUT2D eigenvalue weighted by Crippen LogP contribution is -2.48. The number of hydrogen-bond acceptors (Lipinski definition) is 4. The van der Waals surface area contributed by atoms with Crippen LogP contribution in [0.15, 0.2) is 84.9 Å². The number of ether oxygens (including phenoxy) is 1. The molecule has 0 fully saturated rings. The van der Waals surface area contributed by atoms with Crippen LogP contribution in [0.1, 0.15) is 41.7 Å². The molecular weight excluding hydrogens is 416 g/mol. The van der Waals surface area contributed by atoms with Crippen LogP contribution < -0.4 is 9.80 Å². The summed E-state index contributed by atoms with van der Waals surface area (Å²) < 4.78 is 4.74. The Hall–Kier alpha value is -3.93. The van der Waals surface area contributed by atoms with Gasteiger partial charge in [-0.25, -0.2) is 0 Å². The molecule has 4 rings (SSSR count). The van der Waals surface area contributed by atoms with Crippen LogP contribution in [-0.4, -0.2) is 30.9 Å². The number of amides is 2. The van der Waals surface area contributed by atoms with E-state index in [9.17, 15) is 14.4 Å². The van der Waals surface area contributed by atoms with Gasteiger partial charge in [-0.15, -0.1) is 0 Å². The van der Waals surface area contributed by atoms with Crippen LogP contribution in [0.4, 0.5) is 11.4 Å². The number of nitrogens with zero attached hydrogens (tertiary/aromatic N) is 2. The number of anilines is 2. The minimum Gasteiger partial charge on any atom is -0.469 e. The molecule has 33 heavy (non-hydrogen) atoms. The van der Waals surface area contributed by atoms with Crippen LogP contribution >= 0.6 is 0 Å². The van der Waals surface area contributed by atoms with Gasteiger partial charge in [-0.1, -0.05) is 54.6 Å². The van der Waals surface area contributed by atoms with E-state index in [2.05, 4.69) is 0 Å². The third-order valence-electron chi connectivity index (χ3n) is 5.94. The van der Waals surface area contributed by atoms with Crippen LogP contribution in [0, 0.1) is 0 Å². The molecule has 2 amide bonds. The van der Waals surface area contributed by atoms with Crippen molar-refractivity contribution in [2.45, 2.75) is 31.8 Å². The van der Waals surface area contributed by atoms with Crippen LogP contribution in [-0.2, 0) is 14.3 Å². The number of para-hydroxylation sites is 2. The summed E-state index contributed by atoms with van der Waals surface area (Å²) in [6, 6.07) is 25.6. The van der Waals surface area contributed by atoms with E-state index in [0.29, 0.717) is 17.7 Å². The molecule has 2 unspecified atom stereocenters. The van der Waals surface area contributed by atoms with E-state index in [1.54, 1.807) is 21.9 Å².